The molecular weight excluding hydrogens is 400 g/mol. The first-order valence-electron chi connectivity index (χ1n) is 8.51. The number of hydrogen-bond acceptors (Lipinski definition) is 5. The minimum absolute atomic E-state index is 0.477. The van der Waals surface area contributed by atoms with Crippen LogP contribution in [0.15, 0.2) is 10.7 Å². The molecule has 0 saturated carbocycles. The summed E-state index contributed by atoms with van der Waals surface area (Å²) in [6.07, 6.45) is 2.18. The molecule has 5 nitrogen and oxygen atoms in total. The van der Waals surface area contributed by atoms with Crippen molar-refractivity contribution in [1.29, 1.82) is 0 Å². The van der Waals surface area contributed by atoms with Crippen molar-refractivity contribution in [2.24, 2.45) is 0 Å². The fraction of sp³-hybridized carbons (Fsp3) is 0.500. The van der Waals surface area contributed by atoms with Crippen LogP contribution in [0.25, 0.3) is 16.1 Å². The molecule has 3 heterocycles. The zero-order chi connectivity index (χ0) is 18.1. The third-order valence-electron chi connectivity index (χ3n) is 4.45. The Morgan fingerprint density at radius 1 is 1.24 bits per heavy atom. The predicted molar refractivity (Wildman–Crippen MR) is 105 cm³/mol. The zero-order valence-electron chi connectivity index (χ0n) is 15.3. The number of ether oxygens (including phenoxy) is 1. The van der Waals surface area contributed by atoms with Gasteiger partial charge >= 0.3 is 0 Å². The second kappa shape index (κ2) is 7.51. The Labute approximate surface area is 160 Å². The predicted octanol–water partition coefficient (Wildman–Crippen LogP) is 5.28. The summed E-state index contributed by atoms with van der Waals surface area (Å²) in [5, 5.41) is 5.77. The van der Waals surface area contributed by atoms with Gasteiger partial charge in [0.2, 0.25) is 0 Å². The SMILES string of the molecule is CCC(CC)c1cc(C)nc2c(-c3sc(COC)nc3Br)c(C)nn12. The Morgan fingerprint density at radius 3 is 2.60 bits per heavy atom. The number of nitrogens with zero attached hydrogens (tertiary/aromatic N) is 4. The van der Waals surface area contributed by atoms with Gasteiger partial charge in [0.05, 0.1) is 22.7 Å². The fourth-order valence-electron chi connectivity index (χ4n) is 3.22. The van der Waals surface area contributed by atoms with Gasteiger partial charge in [0, 0.05) is 24.4 Å². The first-order valence-corrected chi connectivity index (χ1v) is 10.1. The summed E-state index contributed by atoms with van der Waals surface area (Å²) in [6, 6.07) is 2.17. The lowest BCUT2D eigenvalue weighted by Crippen LogP contribution is -2.07. The highest BCUT2D eigenvalue weighted by Gasteiger charge is 2.22. The van der Waals surface area contributed by atoms with Gasteiger partial charge < -0.3 is 4.74 Å². The van der Waals surface area contributed by atoms with Crippen molar-refractivity contribution in [3.8, 4) is 10.4 Å². The molecule has 0 atom stereocenters. The van der Waals surface area contributed by atoms with E-state index in [0.29, 0.717) is 12.5 Å². The monoisotopic (exact) mass is 422 g/mol. The summed E-state index contributed by atoms with van der Waals surface area (Å²) in [5.74, 6) is 0.477. The molecule has 0 fully saturated rings. The third kappa shape index (κ3) is 3.37. The largest absolute Gasteiger partial charge is 0.378 e. The number of halogens is 1. The van der Waals surface area contributed by atoms with Crippen LogP contribution in [-0.4, -0.2) is 26.7 Å². The summed E-state index contributed by atoms with van der Waals surface area (Å²) < 4.78 is 8.07. The highest BCUT2D eigenvalue weighted by Crippen LogP contribution is 2.39. The average molecular weight is 423 g/mol. The zero-order valence-corrected chi connectivity index (χ0v) is 17.7. The number of thiazole rings is 1. The standard InChI is InChI=1S/C18H23BrN4OS/c1-6-12(7-2)13-8-10(3)20-18-15(11(4)22-23(13)18)16-17(19)21-14(25-16)9-24-5/h8,12H,6-7,9H2,1-5H3. The molecule has 0 aromatic carbocycles. The van der Waals surface area contributed by atoms with Crippen LogP contribution < -0.4 is 0 Å². The van der Waals surface area contributed by atoms with Gasteiger partial charge in [0.15, 0.2) is 5.65 Å². The van der Waals surface area contributed by atoms with Crippen LogP contribution >= 0.6 is 27.3 Å². The van der Waals surface area contributed by atoms with Crippen molar-refractivity contribution in [2.45, 2.75) is 53.1 Å². The number of methoxy groups -OCH3 is 1. The lowest BCUT2D eigenvalue weighted by Gasteiger charge is -2.15. The van der Waals surface area contributed by atoms with Crippen LogP contribution in [0.1, 0.15) is 54.7 Å². The molecule has 0 aliphatic carbocycles. The normalized spacial score (nSPS) is 11.8. The minimum atomic E-state index is 0.477. The number of rotatable bonds is 6. The van der Waals surface area contributed by atoms with E-state index in [9.17, 15) is 0 Å². The van der Waals surface area contributed by atoms with Gasteiger partial charge in [-0.3, -0.25) is 0 Å². The van der Waals surface area contributed by atoms with E-state index >= 15 is 0 Å². The molecule has 0 radical (unpaired) electrons. The van der Waals surface area contributed by atoms with Gasteiger partial charge in [-0.25, -0.2) is 14.5 Å². The summed E-state index contributed by atoms with van der Waals surface area (Å²) in [4.78, 5) is 10.4. The van der Waals surface area contributed by atoms with Crippen LogP contribution in [0.5, 0.6) is 0 Å². The Morgan fingerprint density at radius 2 is 1.96 bits per heavy atom. The molecule has 25 heavy (non-hydrogen) atoms. The molecule has 3 aromatic heterocycles. The Bertz CT molecular complexity index is 898. The lowest BCUT2D eigenvalue weighted by molar-refractivity contribution is 0.184. The second-order valence-electron chi connectivity index (χ2n) is 6.19. The van der Waals surface area contributed by atoms with Crippen LogP contribution in [-0.2, 0) is 11.3 Å². The van der Waals surface area contributed by atoms with Crippen molar-refractivity contribution in [3.05, 3.63) is 32.8 Å². The smallest absolute Gasteiger partial charge is 0.164 e. The van der Waals surface area contributed by atoms with E-state index in [1.165, 1.54) is 5.69 Å². The summed E-state index contributed by atoms with van der Waals surface area (Å²) in [7, 11) is 1.68. The van der Waals surface area contributed by atoms with Crippen LogP contribution in [0.2, 0.25) is 0 Å². The molecule has 0 unspecified atom stereocenters. The van der Waals surface area contributed by atoms with Crippen molar-refractivity contribution < 1.29 is 4.74 Å². The quantitative estimate of drug-likeness (QED) is 0.541. The number of hydrogen-bond donors (Lipinski definition) is 0. The van der Waals surface area contributed by atoms with Crippen molar-refractivity contribution in [1.82, 2.24) is 19.6 Å². The van der Waals surface area contributed by atoms with Gasteiger partial charge in [-0.05, 0) is 48.7 Å². The maximum atomic E-state index is 5.22. The van der Waals surface area contributed by atoms with Crippen LogP contribution in [0.4, 0.5) is 0 Å². The van der Waals surface area contributed by atoms with Crippen LogP contribution in [0, 0.1) is 13.8 Å². The molecule has 0 bridgehead atoms. The van der Waals surface area contributed by atoms with Gasteiger partial charge in [-0.2, -0.15) is 5.10 Å². The number of fused-ring (bicyclic) bond motifs is 1. The average Bonchev–Trinajstić information content (AvgIpc) is 3.08. The maximum absolute atomic E-state index is 5.22. The lowest BCUT2D eigenvalue weighted by atomic mass is 9.98. The molecule has 0 aliphatic rings. The molecule has 0 saturated heterocycles. The van der Waals surface area contributed by atoms with E-state index in [0.717, 1.165) is 49.9 Å². The number of aryl methyl sites for hydroxylation is 2. The van der Waals surface area contributed by atoms with Gasteiger partial charge in [0.1, 0.15) is 9.61 Å². The first kappa shape index (κ1) is 18.5. The highest BCUT2D eigenvalue weighted by atomic mass is 79.9. The molecule has 3 aromatic rings. The first-order chi connectivity index (χ1) is 12.0. The van der Waals surface area contributed by atoms with E-state index in [1.54, 1.807) is 18.4 Å². The molecular formula is C18H23BrN4OS. The molecule has 134 valence electrons. The van der Waals surface area contributed by atoms with Crippen molar-refractivity contribution in [3.63, 3.8) is 0 Å². The molecule has 0 spiro atoms. The van der Waals surface area contributed by atoms with Gasteiger partial charge in [0.25, 0.3) is 0 Å². The maximum Gasteiger partial charge on any atom is 0.164 e. The Kier molecular flexibility index (Phi) is 5.55. The number of aromatic nitrogens is 4. The van der Waals surface area contributed by atoms with Crippen molar-refractivity contribution in [2.75, 3.05) is 7.11 Å². The van der Waals surface area contributed by atoms with Crippen molar-refractivity contribution >= 4 is 32.9 Å². The highest BCUT2D eigenvalue weighted by molar-refractivity contribution is 9.10. The van der Waals surface area contributed by atoms with E-state index in [-0.39, 0.29) is 0 Å². The Balaban J connectivity index is 2.25. The van der Waals surface area contributed by atoms with E-state index in [4.69, 9.17) is 14.8 Å². The Hall–Kier alpha value is -1.31. The fourth-order valence-corrected chi connectivity index (χ4v) is 5.01. The third-order valence-corrected chi connectivity index (χ3v) is 6.33. The minimum Gasteiger partial charge on any atom is -0.378 e. The van der Waals surface area contributed by atoms with Crippen LogP contribution in [0.3, 0.4) is 0 Å². The molecule has 3 rings (SSSR count). The molecule has 0 N–H and O–H groups in total. The van der Waals surface area contributed by atoms with Gasteiger partial charge in [-0.1, -0.05) is 13.8 Å². The molecule has 0 aliphatic heterocycles. The van der Waals surface area contributed by atoms with E-state index in [1.807, 2.05) is 11.4 Å². The topological polar surface area (TPSA) is 52.3 Å². The molecule has 0 amide bonds. The molecule has 7 heteroatoms. The van der Waals surface area contributed by atoms with E-state index < -0.39 is 0 Å². The summed E-state index contributed by atoms with van der Waals surface area (Å²) in [5.41, 5.74) is 5.20. The summed E-state index contributed by atoms with van der Waals surface area (Å²) >= 11 is 5.23. The van der Waals surface area contributed by atoms with Gasteiger partial charge in [-0.15, -0.1) is 11.3 Å². The van der Waals surface area contributed by atoms with E-state index in [2.05, 4.69) is 47.8 Å². The summed E-state index contributed by atoms with van der Waals surface area (Å²) in [6.45, 7) is 9.05. The second-order valence-corrected chi connectivity index (χ2v) is 8.03.